The Bertz CT molecular complexity index is 329. The first-order chi connectivity index (χ1) is 8.20. The van der Waals surface area contributed by atoms with Crippen molar-refractivity contribution in [2.75, 3.05) is 6.61 Å². The third-order valence-electron chi connectivity index (χ3n) is 2.94. The van der Waals surface area contributed by atoms with Crippen molar-refractivity contribution in [2.24, 2.45) is 16.3 Å². The van der Waals surface area contributed by atoms with Gasteiger partial charge in [-0.05, 0) is 17.8 Å². The number of nitrogens with one attached hydrogen (secondary N) is 1. The number of aliphatic imine (C=N–C) groups is 1. The average molecular weight is 254 g/mol. The molecule has 1 unspecified atom stereocenters. The Kier molecular flexibility index (Phi) is 4.77. The van der Waals surface area contributed by atoms with E-state index in [1.807, 2.05) is 0 Å². The lowest BCUT2D eigenvalue weighted by molar-refractivity contribution is -0.119. The first-order valence-electron chi connectivity index (χ1n) is 6.67. The SMILES string of the molecule is CC(=O)NC(C1=N[C@H](CC(C)C)CO1)C(C)(C)C. The van der Waals surface area contributed by atoms with E-state index in [-0.39, 0.29) is 23.4 Å². The van der Waals surface area contributed by atoms with Crippen molar-refractivity contribution in [2.45, 2.75) is 60.0 Å². The number of hydrogen-bond acceptors (Lipinski definition) is 3. The number of carbonyl (C=O) groups excluding carboxylic acids is 1. The third-order valence-corrected chi connectivity index (χ3v) is 2.94. The first kappa shape index (κ1) is 15.0. The van der Waals surface area contributed by atoms with Gasteiger partial charge in [0.25, 0.3) is 0 Å². The maximum absolute atomic E-state index is 11.3. The van der Waals surface area contributed by atoms with Crippen LogP contribution in [0.1, 0.15) is 48.0 Å². The van der Waals surface area contributed by atoms with E-state index in [1.165, 1.54) is 6.92 Å². The Morgan fingerprint density at radius 1 is 1.50 bits per heavy atom. The molecule has 1 N–H and O–H groups in total. The van der Waals surface area contributed by atoms with E-state index in [2.05, 4.69) is 44.9 Å². The van der Waals surface area contributed by atoms with Gasteiger partial charge in [0.1, 0.15) is 12.6 Å². The molecule has 0 spiro atoms. The van der Waals surface area contributed by atoms with Gasteiger partial charge >= 0.3 is 0 Å². The molecular formula is C14H26N2O2. The molecule has 4 nitrogen and oxygen atoms in total. The molecular weight excluding hydrogens is 228 g/mol. The van der Waals surface area contributed by atoms with Crippen LogP contribution in [-0.2, 0) is 9.53 Å². The molecule has 0 bridgehead atoms. The highest BCUT2D eigenvalue weighted by atomic mass is 16.5. The number of amides is 1. The van der Waals surface area contributed by atoms with Crippen molar-refractivity contribution in [3.05, 3.63) is 0 Å². The average Bonchev–Trinajstić information content (AvgIpc) is 2.59. The second-order valence-electron chi connectivity index (χ2n) is 6.56. The summed E-state index contributed by atoms with van der Waals surface area (Å²) >= 11 is 0. The molecule has 0 aliphatic carbocycles. The number of carbonyl (C=O) groups is 1. The molecule has 18 heavy (non-hydrogen) atoms. The minimum Gasteiger partial charge on any atom is -0.477 e. The Balaban J connectivity index is 2.78. The maximum atomic E-state index is 11.3. The van der Waals surface area contributed by atoms with E-state index in [0.29, 0.717) is 18.4 Å². The number of ether oxygens (including phenoxy) is 1. The van der Waals surface area contributed by atoms with Crippen molar-refractivity contribution in [1.82, 2.24) is 5.32 Å². The van der Waals surface area contributed by atoms with Crippen LogP contribution in [0.2, 0.25) is 0 Å². The van der Waals surface area contributed by atoms with Crippen molar-refractivity contribution in [1.29, 1.82) is 0 Å². The zero-order valence-electron chi connectivity index (χ0n) is 12.4. The van der Waals surface area contributed by atoms with Crippen LogP contribution < -0.4 is 5.32 Å². The summed E-state index contributed by atoms with van der Waals surface area (Å²) in [5, 5.41) is 2.94. The summed E-state index contributed by atoms with van der Waals surface area (Å²) < 4.78 is 5.69. The van der Waals surface area contributed by atoms with Crippen LogP contribution >= 0.6 is 0 Å². The molecule has 1 amide bonds. The highest BCUT2D eigenvalue weighted by Gasteiger charge is 2.35. The largest absolute Gasteiger partial charge is 0.477 e. The van der Waals surface area contributed by atoms with E-state index in [4.69, 9.17) is 4.74 Å². The number of nitrogens with zero attached hydrogens (tertiary/aromatic N) is 1. The van der Waals surface area contributed by atoms with E-state index in [1.54, 1.807) is 0 Å². The normalized spacial score (nSPS) is 21.5. The molecule has 0 aromatic rings. The first-order valence-corrected chi connectivity index (χ1v) is 6.67. The molecule has 0 fully saturated rings. The van der Waals surface area contributed by atoms with Crippen LogP contribution in [0, 0.1) is 11.3 Å². The Morgan fingerprint density at radius 3 is 2.56 bits per heavy atom. The van der Waals surface area contributed by atoms with Gasteiger partial charge in [0, 0.05) is 6.92 Å². The molecule has 1 rings (SSSR count). The van der Waals surface area contributed by atoms with Crippen LogP contribution in [0.25, 0.3) is 0 Å². The Labute approximate surface area is 110 Å². The molecule has 4 heteroatoms. The van der Waals surface area contributed by atoms with Gasteiger partial charge in [-0.3, -0.25) is 4.79 Å². The molecule has 104 valence electrons. The molecule has 1 aliphatic heterocycles. The van der Waals surface area contributed by atoms with Gasteiger partial charge in [0.05, 0.1) is 6.04 Å². The van der Waals surface area contributed by atoms with E-state index in [9.17, 15) is 4.79 Å². The van der Waals surface area contributed by atoms with E-state index in [0.717, 1.165) is 6.42 Å². The van der Waals surface area contributed by atoms with Crippen LogP contribution in [0.5, 0.6) is 0 Å². The topological polar surface area (TPSA) is 50.7 Å². The molecule has 0 saturated carbocycles. The van der Waals surface area contributed by atoms with Gasteiger partial charge < -0.3 is 10.1 Å². The predicted molar refractivity (Wildman–Crippen MR) is 73.7 cm³/mol. The summed E-state index contributed by atoms with van der Waals surface area (Å²) in [6.07, 6.45) is 1.03. The summed E-state index contributed by atoms with van der Waals surface area (Å²) in [7, 11) is 0. The summed E-state index contributed by atoms with van der Waals surface area (Å²) in [5.41, 5.74) is -0.1000. The Morgan fingerprint density at radius 2 is 2.11 bits per heavy atom. The van der Waals surface area contributed by atoms with Crippen molar-refractivity contribution in [3.63, 3.8) is 0 Å². The van der Waals surface area contributed by atoms with Gasteiger partial charge in [-0.2, -0.15) is 0 Å². The lowest BCUT2D eigenvalue weighted by Crippen LogP contribution is -2.48. The fourth-order valence-corrected chi connectivity index (χ4v) is 2.11. The fourth-order valence-electron chi connectivity index (χ4n) is 2.11. The van der Waals surface area contributed by atoms with Gasteiger partial charge in [0.2, 0.25) is 11.8 Å². The van der Waals surface area contributed by atoms with Crippen LogP contribution in [0.4, 0.5) is 0 Å². The molecule has 0 aromatic heterocycles. The van der Waals surface area contributed by atoms with Crippen LogP contribution in [0.3, 0.4) is 0 Å². The predicted octanol–water partition coefficient (Wildman–Crippen LogP) is 2.38. The van der Waals surface area contributed by atoms with Gasteiger partial charge in [-0.1, -0.05) is 34.6 Å². The fraction of sp³-hybridized carbons (Fsp3) is 0.857. The number of hydrogen-bond donors (Lipinski definition) is 1. The summed E-state index contributed by atoms with van der Waals surface area (Å²) in [5.74, 6) is 1.24. The van der Waals surface area contributed by atoms with Crippen molar-refractivity contribution >= 4 is 11.8 Å². The van der Waals surface area contributed by atoms with E-state index < -0.39 is 0 Å². The second kappa shape index (κ2) is 5.72. The minimum atomic E-state index is -0.146. The Hall–Kier alpha value is -1.06. The molecule has 0 radical (unpaired) electrons. The quantitative estimate of drug-likeness (QED) is 0.837. The van der Waals surface area contributed by atoms with Crippen molar-refractivity contribution in [3.8, 4) is 0 Å². The standard InChI is InChI=1S/C14H26N2O2/c1-9(2)7-11-8-18-13(16-11)12(14(4,5)6)15-10(3)17/h9,11-12H,7-8H2,1-6H3,(H,15,17)/t11-,12?/m1/s1. The lowest BCUT2D eigenvalue weighted by atomic mass is 9.86. The number of rotatable bonds is 4. The summed E-state index contributed by atoms with van der Waals surface area (Å²) in [6.45, 7) is 12.8. The summed E-state index contributed by atoms with van der Waals surface area (Å²) in [6, 6.07) is 0.0887. The maximum Gasteiger partial charge on any atom is 0.217 e. The molecule has 0 saturated heterocycles. The molecule has 2 atom stereocenters. The molecule has 0 aromatic carbocycles. The third kappa shape index (κ3) is 4.31. The van der Waals surface area contributed by atoms with Gasteiger partial charge in [-0.15, -0.1) is 0 Å². The van der Waals surface area contributed by atoms with Gasteiger partial charge in [-0.25, -0.2) is 4.99 Å². The zero-order chi connectivity index (χ0) is 13.9. The van der Waals surface area contributed by atoms with E-state index >= 15 is 0 Å². The smallest absolute Gasteiger partial charge is 0.217 e. The van der Waals surface area contributed by atoms with Crippen molar-refractivity contribution < 1.29 is 9.53 Å². The molecule has 1 heterocycles. The highest BCUT2D eigenvalue weighted by molar-refractivity contribution is 5.88. The van der Waals surface area contributed by atoms with Gasteiger partial charge in [0.15, 0.2) is 0 Å². The minimum absolute atomic E-state index is 0.0477. The zero-order valence-corrected chi connectivity index (χ0v) is 12.4. The molecule has 1 aliphatic rings. The lowest BCUT2D eigenvalue weighted by Gasteiger charge is -2.30. The van der Waals surface area contributed by atoms with Crippen LogP contribution in [0.15, 0.2) is 4.99 Å². The second-order valence-corrected chi connectivity index (χ2v) is 6.56. The summed E-state index contributed by atoms with van der Waals surface area (Å²) in [4.78, 5) is 15.9. The highest BCUT2D eigenvalue weighted by Crippen LogP contribution is 2.25. The monoisotopic (exact) mass is 254 g/mol. The van der Waals surface area contributed by atoms with Crippen LogP contribution in [-0.4, -0.2) is 30.5 Å².